The first-order chi connectivity index (χ1) is 8.43. The molecular weight excluding hydrogens is 246 g/mol. The molecular formula is C13H21N3OS. The van der Waals surface area contributed by atoms with Crippen molar-refractivity contribution in [2.75, 3.05) is 20.1 Å². The number of hydrogen-bond donors (Lipinski definition) is 2. The Bertz CT molecular complexity index is 441. The molecule has 1 aliphatic rings. The number of nitrogens with zero attached hydrogens (tertiary/aromatic N) is 1. The van der Waals surface area contributed by atoms with E-state index < -0.39 is 0 Å². The molecule has 2 rings (SSSR count). The van der Waals surface area contributed by atoms with Gasteiger partial charge in [-0.1, -0.05) is 0 Å². The average Bonchev–Trinajstić information content (AvgIpc) is 2.86. The van der Waals surface area contributed by atoms with E-state index in [-0.39, 0.29) is 17.6 Å². The van der Waals surface area contributed by atoms with Crippen LogP contribution in [-0.2, 0) is 0 Å². The Morgan fingerprint density at radius 3 is 2.89 bits per heavy atom. The van der Waals surface area contributed by atoms with Crippen molar-refractivity contribution in [3.63, 3.8) is 0 Å². The maximum atomic E-state index is 12.0. The van der Waals surface area contributed by atoms with Gasteiger partial charge in [0.2, 0.25) is 0 Å². The van der Waals surface area contributed by atoms with Crippen LogP contribution in [0.4, 0.5) is 4.79 Å². The van der Waals surface area contributed by atoms with Crippen LogP contribution in [0.2, 0.25) is 0 Å². The average molecular weight is 267 g/mol. The van der Waals surface area contributed by atoms with Crippen LogP contribution in [0.15, 0.2) is 11.4 Å². The van der Waals surface area contributed by atoms with Gasteiger partial charge in [0, 0.05) is 23.5 Å². The summed E-state index contributed by atoms with van der Waals surface area (Å²) >= 11 is 1.72. The second kappa shape index (κ2) is 4.90. The highest BCUT2D eigenvalue weighted by molar-refractivity contribution is 7.10. The van der Waals surface area contributed by atoms with E-state index in [1.54, 1.807) is 11.3 Å². The van der Waals surface area contributed by atoms with Gasteiger partial charge in [0.1, 0.15) is 0 Å². The zero-order valence-electron chi connectivity index (χ0n) is 11.4. The minimum Gasteiger partial charge on any atom is -0.329 e. The molecule has 0 radical (unpaired) electrons. The normalized spacial score (nSPS) is 20.3. The Kier molecular flexibility index (Phi) is 3.64. The van der Waals surface area contributed by atoms with Crippen LogP contribution in [0.1, 0.15) is 30.3 Å². The highest BCUT2D eigenvalue weighted by Crippen LogP contribution is 2.28. The first-order valence-corrected chi connectivity index (χ1v) is 7.09. The number of thiophene rings is 1. The molecule has 1 aliphatic heterocycles. The molecule has 2 N–H and O–H groups in total. The second-order valence-electron chi connectivity index (χ2n) is 5.48. The zero-order chi connectivity index (χ0) is 13.3. The lowest BCUT2D eigenvalue weighted by Crippen LogP contribution is -2.48. The highest BCUT2D eigenvalue weighted by Gasteiger charge is 2.34. The summed E-state index contributed by atoms with van der Waals surface area (Å²) in [5.74, 6) is 0. The van der Waals surface area contributed by atoms with Crippen molar-refractivity contribution in [2.45, 2.75) is 32.4 Å². The van der Waals surface area contributed by atoms with Gasteiger partial charge in [-0.3, -0.25) is 0 Å². The van der Waals surface area contributed by atoms with E-state index in [2.05, 4.69) is 42.9 Å². The third-order valence-corrected chi connectivity index (χ3v) is 4.60. The molecule has 0 saturated carbocycles. The molecule has 1 saturated heterocycles. The number of urea groups is 1. The van der Waals surface area contributed by atoms with Gasteiger partial charge in [-0.05, 0) is 44.8 Å². The zero-order valence-corrected chi connectivity index (χ0v) is 12.2. The predicted octanol–water partition coefficient (Wildman–Crippen LogP) is 2.12. The van der Waals surface area contributed by atoms with Crippen LogP contribution in [0.3, 0.4) is 0 Å². The summed E-state index contributed by atoms with van der Waals surface area (Å²) < 4.78 is 0. The van der Waals surface area contributed by atoms with E-state index in [1.807, 2.05) is 11.9 Å². The summed E-state index contributed by atoms with van der Waals surface area (Å²) in [6.07, 6.45) is 0. The minimum atomic E-state index is -0.0588. The molecule has 0 aromatic carbocycles. The highest BCUT2D eigenvalue weighted by atomic mass is 32.1. The van der Waals surface area contributed by atoms with Crippen LogP contribution < -0.4 is 10.6 Å². The number of carbonyl (C=O) groups excluding carboxylic acids is 1. The number of rotatable bonds is 4. The largest absolute Gasteiger partial charge is 0.329 e. The van der Waals surface area contributed by atoms with Crippen LogP contribution in [0.5, 0.6) is 0 Å². The molecule has 1 aromatic rings. The topological polar surface area (TPSA) is 44.4 Å². The molecule has 2 amide bonds. The van der Waals surface area contributed by atoms with Gasteiger partial charge in [-0.15, -0.1) is 11.3 Å². The number of aryl methyl sites for hydroxylation is 1. The Morgan fingerprint density at radius 1 is 1.61 bits per heavy atom. The van der Waals surface area contributed by atoms with Crippen molar-refractivity contribution >= 4 is 17.4 Å². The van der Waals surface area contributed by atoms with Crippen molar-refractivity contribution in [3.8, 4) is 0 Å². The van der Waals surface area contributed by atoms with E-state index >= 15 is 0 Å². The number of likely N-dealkylation sites (N-methyl/N-ethyl adjacent to an activating group) is 1. The Balaban J connectivity index is 2.06. The van der Waals surface area contributed by atoms with Gasteiger partial charge in [-0.25, -0.2) is 4.79 Å². The maximum Gasteiger partial charge on any atom is 0.318 e. The molecule has 4 nitrogen and oxygen atoms in total. The monoisotopic (exact) mass is 267 g/mol. The van der Waals surface area contributed by atoms with Gasteiger partial charge in [-0.2, -0.15) is 0 Å². The first-order valence-electron chi connectivity index (χ1n) is 6.21. The molecule has 5 heteroatoms. The van der Waals surface area contributed by atoms with E-state index in [4.69, 9.17) is 0 Å². The number of hydrogen-bond acceptors (Lipinski definition) is 3. The van der Waals surface area contributed by atoms with Gasteiger partial charge in [0.15, 0.2) is 0 Å². The molecule has 0 aliphatic carbocycles. The van der Waals surface area contributed by atoms with Crippen molar-refractivity contribution in [1.82, 2.24) is 15.5 Å². The molecule has 0 spiro atoms. The number of amides is 2. The Morgan fingerprint density at radius 2 is 2.33 bits per heavy atom. The summed E-state index contributed by atoms with van der Waals surface area (Å²) in [7, 11) is 1.93. The fraction of sp³-hybridized carbons (Fsp3) is 0.615. The third kappa shape index (κ3) is 2.67. The maximum absolute atomic E-state index is 12.0. The molecule has 1 aromatic heterocycles. The standard InChI is InChI=1S/C13H21N3OS/c1-9-5-6-18-11(9)10-7-16(12(17)15-10)8-13(2,3)14-4/h5-6,10,14H,7-8H2,1-4H3,(H,15,17). The van der Waals surface area contributed by atoms with Crippen LogP contribution in [0.25, 0.3) is 0 Å². The first kappa shape index (κ1) is 13.4. The molecule has 2 heterocycles. The Hall–Kier alpha value is -1.07. The van der Waals surface area contributed by atoms with Crippen LogP contribution in [-0.4, -0.2) is 36.6 Å². The lowest BCUT2D eigenvalue weighted by molar-refractivity contribution is 0.201. The van der Waals surface area contributed by atoms with Crippen molar-refractivity contribution in [1.29, 1.82) is 0 Å². The van der Waals surface area contributed by atoms with Crippen LogP contribution in [0, 0.1) is 6.92 Å². The van der Waals surface area contributed by atoms with Crippen molar-refractivity contribution < 1.29 is 4.79 Å². The SMILES string of the molecule is CNC(C)(C)CN1CC(c2sccc2C)NC1=O. The van der Waals surface area contributed by atoms with Crippen molar-refractivity contribution in [3.05, 3.63) is 21.9 Å². The van der Waals surface area contributed by atoms with Crippen LogP contribution >= 0.6 is 11.3 Å². The fourth-order valence-electron chi connectivity index (χ4n) is 2.17. The van der Waals surface area contributed by atoms with E-state index in [0.717, 1.165) is 13.1 Å². The lowest BCUT2D eigenvalue weighted by Gasteiger charge is -2.29. The molecule has 1 fully saturated rings. The van der Waals surface area contributed by atoms with Gasteiger partial charge < -0.3 is 15.5 Å². The molecule has 100 valence electrons. The van der Waals surface area contributed by atoms with E-state index in [1.165, 1.54) is 10.4 Å². The predicted molar refractivity (Wildman–Crippen MR) is 75.0 cm³/mol. The molecule has 0 bridgehead atoms. The Labute approximate surface area is 112 Å². The lowest BCUT2D eigenvalue weighted by atomic mass is 10.1. The third-order valence-electron chi connectivity index (χ3n) is 3.47. The van der Waals surface area contributed by atoms with Gasteiger partial charge >= 0.3 is 6.03 Å². The quantitative estimate of drug-likeness (QED) is 0.877. The summed E-state index contributed by atoms with van der Waals surface area (Å²) in [6.45, 7) is 7.77. The van der Waals surface area contributed by atoms with Crippen molar-refractivity contribution in [2.24, 2.45) is 0 Å². The van der Waals surface area contributed by atoms with E-state index in [9.17, 15) is 4.79 Å². The summed E-state index contributed by atoms with van der Waals surface area (Å²) in [5.41, 5.74) is 1.21. The number of carbonyl (C=O) groups is 1. The molecule has 18 heavy (non-hydrogen) atoms. The minimum absolute atomic E-state index is 0.0381. The summed E-state index contributed by atoms with van der Waals surface area (Å²) in [5, 5.41) is 8.37. The summed E-state index contributed by atoms with van der Waals surface area (Å²) in [4.78, 5) is 15.1. The molecule has 1 atom stereocenters. The van der Waals surface area contributed by atoms with E-state index in [0.29, 0.717) is 0 Å². The smallest absolute Gasteiger partial charge is 0.318 e. The number of nitrogens with one attached hydrogen (secondary N) is 2. The van der Waals surface area contributed by atoms with Gasteiger partial charge in [0.05, 0.1) is 6.04 Å². The van der Waals surface area contributed by atoms with Gasteiger partial charge in [0.25, 0.3) is 0 Å². The second-order valence-corrected chi connectivity index (χ2v) is 6.43. The summed E-state index contributed by atoms with van der Waals surface area (Å²) in [6, 6.07) is 2.29. The molecule has 1 unspecified atom stereocenters. The fourth-order valence-corrected chi connectivity index (χ4v) is 3.14.